The standard InChI is InChI=1S/C73H110N14O15/c1-41(2)30-52(67(96)79-51(62(75)91)36-48-24-17-13-18-25-48)78-61(90)38-76-65(94)58(39-88)86-70(99)56(37-49-26-19-14-20-27-49)82-68(97)54(32-43(5)6)81-71(100)59(40-89)85-63(92)46(11)77-66(95)53(31-42(3)4)80-69(98)55(33-44(7)8)83-72(101)60-28-21-29-87(60)73(102)57(34-45(9)10)84-64(93)50(74)35-47-22-15-12-16-23-47/h12-20,22-27,41-46,50-60,88-89H,21,28-40,74H2,1-11H3,(H2,75,91)(H,76,94)(H,77,95)(H,78,90)(H,79,96)(H,80,98)(H,81,100)(H,82,97)(H,83,101)(H,84,93)(H,85,92)(H,86,99)/t46-,50-,51-,52-,53-,54-,55-,56-,57-,58-,59-,60-/m0/s1. The van der Waals surface area contributed by atoms with Gasteiger partial charge in [0.2, 0.25) is 76.8 Å². The Morgan fingerprint density at radius 3 is 1.20 bits per heavy atom. The molecule has 17 N–H and O–H groups in total. The number of amides is 13. The molecular formula is C73H110N14O15. The van der Waals surface area contributed by atoms with E-state index in [1.165, 1.54) is 11.8 Å². The van der Waals surface area contributed by atoms with Gasteiger partial charge in [-0.2, -0.15) is 0 Å². The smallest absolute Gasteiger partial charge is 0.245 e. The van der Waals surface area contributed by atoms with Gasteiger partial charge in [0.15, 0.2) is 0 Å². The van der Waals surface area contributed by atoms with Crippen molar-refractivity contribution in [2.24, 2.45) is 41.1 Å². The summed E-state index contributed by atoms with van der Waals surface area (Å²) in [6.07, 6.45) is 1.51. The lowest BCUT2D eigenvalue weighted by molar-refractivity contribution is -0.142. The van der Waals surface area contributed by atoms with Gasteiger partial charge in [-0.05, 0) is 105 Å². The zero-order valence-electron chi connectivity index (χ0n) is 60.7. The fraction of sp³-hybridized carbons (Fsp3) is 0.575. The lowest BCUT2D eigenvalue weighted by atomic mass is 9.99. The number of rotatable bonds is 42. The van der Waals surface area contributed by atoms with Gasteiger partial charge >= 0.3 is 0 Å². The van der Waals surface area contributed by atoms with Crippen LogP contribution >= 0.6 is 0 Å². The van der Waals surface area contributed by atoms with E-state index in [1.54, 1.807) is 88.4 Å². The fourth-order valence-electron chi connectivity index (χ4n) is 11.6. The molecule has 562 valence electrons. The van der Waals surface area contributed by atoms with Crippen LogP contribution < -0.4 is 70.0 Å². The van der Waals surface area contributed by atoms with E-state index >= 15 is 0 Å². The van der Waals surface area contributed by atoms with Crippen molar-refractivity contribution in [2.45, 2.75) is 213 Å². The summed E-state index contributed by atoms with van der Waals surface area (Å²) in [6, 6.07) is 11.2. The minimum atomic E-state index is -1.70. The highest BCUT2D eigenvalue weighted by Crippen LogP contribution is 2.22. The molecule has 0 spiro atoms. The third-order valence-corrected chi connectivity index (χ3v) is 16.8. The van der Waals surface area contributed by atoms with Crippen LogP contribution in [0, 0.1) is 29.6 Å². The predicted octanol–water partition coefficient (Wildman–Crippen LogP) is -0.283. The molecule has 0 aliphatic carbocycles. The van der Waals surface area contributed by atoms with E-state index in [0.717, 1.165) is 11.1 Å². The second-order valence-corrected chi connectivity index (χ2v) is 28.3. The molecule has 1 fully saturated rings. The first-order valence-electron chi connectivity index (χ1n) is 35.2. The van der Waals surface area contributed by atoms with Crippen molar-refractivity contribution in [1.82, 2.24) is 63.4 Å². The molecule has 29 heteroatoms. The number of carbonyl (C=O) groups excluding carboxylic acids is 13. The van der Waals surface area contributed by atoms with Gasteiger partial charge in [-0.1, -0.05) is 160 Å². The maximum absolute atomic E-state index is 14.3. The number of benzene rings is 3. The molecule has 0 radical (unpaired) electrons. The zero-order chi connectivity index (χ0) is 75.9. The molecule has 13 amide bonds. The van der Waals surface area contributed by atoms with Crippen molar-refractivity contribution in [2.75, 3.05) is 26.3 Å². The van der Waals surface area contributed by atoms with Crippen LogP contribution in [0.2, 0.25) is 0 Å². The van der Waals surface area contributed by atoms with Gasteiger partial charge in [0.1, 0.15) is 66.5 Å². The average Bonchev–Trinajstić information content (AvgIpc) is 1.62. The molecule has 1 saturated heterocycles. The number of nitrogens with zero attached hydrogens (tertiary/aromatic N) is 1. The molecule has 102 heavy (non-hydrogen) atoms. The highest BCUT2D eigenvalue weighted by atomic mass is 16.3. The van der Waals surface area contributed by atoms with Gasteiger partial charge in [0.25, 0.3) is 0 Å². The summed E-state index contributed by atoms with van der Waals surface area (Å²) in [5.74, 6) is -11.0. The van der Waals surface area contributed by atoms with Crippen LogP contribution in [-0.4, -0.2) is 191 Å². The van der Waals surface area contributed by atoms with Gasteiger partial charge in [-0.25, -0.2) is 0 Å². The van der Waals surface area contributed by atoms with Gasteiger partial charge in [-0.15, -0.1) is 0 Å². The fourth-order valence-corrected chi connectivity index (χ4v) is 11.6. The first kappa shape index (κ1) is 85.1. The molecule has 0 saturated carbocycles. The summed E-state index contributed by atoms with van der Waals surface area (Å²) in [5, 5.41) is 49.3. The Kier molecular flexibility index (Phi) is 35.7. The van der Waals surface area contributed by atoms with Crippen LogP contribution in [0.15, 0.2) is 91.0 Å². The van der Waals surface area contributed by atoms with Crippen LogP contribution in [0.3, 0.4) is 0 Å². The Morgan fingerprint density at radius 1 is 0.402 bits per heavy atom. The maximum atomic E-state index is 14.3. The van der Waals surface area contributed by atoms with Crippen molar-refractivity contribution >= 4 is 76.8 Å². The minimum Gasteiger partial charge on any atom is -0.394 e. The Bertz CT molecular complexity index is 3270. The largest absolute Gasteiger partial charge is 0.394 e. The SMILES string of the molecule is CC(C)C[C@H](NC(=O)CNC(=O)[C@H](CO)NC(=O)[C@H](Cc1ccccc1)NC(=O)[C@H](CC(C)C)NC(=O)[C@H](CO)NC(=O)[C@H](C)NC(=O)[C@H](CC(C)C)NC(=O)[C@H](CC(C)C)NC(=O)[C@@H]1CCCN1C(=O)[C@H](CC(C)C)NC(=O)[C@@H](N)Cc1ccccc1)C(=O)N[C@@H](Cc1ccccc1)C(N)=O. The van der Waals surface area contributed by atoms with Gasteiger partial charge in [0, 0.05) is 19.4 Å². The van der Waals surface area contributed by atoms with Gasteiger partial charge < -0.3 is 85.1 Å². The Hall–Kier alpha value is -9.35. The lowest BCUT2D eigenvalue weighted by Gasteiger charge is -2.31. The van der Waals surface area contributed by atoms with Gasteiger partial charge in [-0.3, -0.25) is 62.3 Å². The van der Waals surface area contributed by atoms with Crippen molar-refractivity contribution in [3.05, 3.63) is 108 Å². The topological polar surface area (TPSA) is 450 Å². The molecule has 1 aliphatic heterocycles. The van der Waals surface area contributed by atoms with E-state index in [1.807, 2.05) is 71.9 Å². The van der Waals surface area contributed by atoms with Crippen LogP contribution in [-0.2, 0) is 81.6 Å². The summed E-state index contributed by atoms with van der Waals surface area (Å²) < 4.78 is 0. The highest BCUT2D eigenvalue weighted by Gasteiger charge is 2.41. The van der Waals surface area contributed by atoms with E-state index in [0.29, 0.717) is 12.0 Å². The number of nitrogens with one attached hydrogen (secondary N) is 11. The summed E-state index contributed by atoms with van der Waals surface area (Å²) in [4.78, 5) is 181. The molecule has 0 aromatic heterocycles. The van der Waals surface area contributed by atoms with Crippen molar-refractivity contribution < 1.29 is 72.5 Å². The molecule has 3 aromatic rings. The number of hydrogen-bond acceptors (Lipinski definition) is 16. The quantitative estimate of drug-likeness (QED) is 0.0347. The van der Waals surface area contributed by atoms with Crippen molar-refractivity contribution in [3.63, 3.8) is 0 Å². The number of aliphatic hydroxyl groups is 2. The molecule has 29 nitrogen and oxygen atoms in total. The molecule has 0 unspecified atom stereocenters. The minimum absolute atomic E-state index is 0.0240. The molecule has 12 atom stereocenters. The molecule has 3 aromatic carbocycles. The zero-order valence-corrected chi connectivity index (χ0v) is 60.7. The number of nitrogens with two attached hydrogens (primary N) is 2. The molecule has 0 bridgehead atoms. The lowest BCUT2D eigenvalue weighted by Crippen LogP contribution is -2.61. The Morgan fingerprint density at radius 2 is 0.745 bits per heavy atom. The van der Waals surface area contributed by atoms with Gasteiger partial charge in [0.05, 0.1) is 25.8 Å². The molecule has 4 rings (SSSR count). The first-order valence-corrected chi connectivity index (χ1v) is 35.2. The number of carbonyl (C=O) groups is 13. The van der Waals surface area contributed by atoms with Crippen molar-refractivity contribution in [1.29, 1.82) is 0 Å². The molecular weight excluding hydrogens is 1310 g/mol. The average molecular weight is 1420 g/mol. The first-order chi connectivity index (χ1) is 48.2. The third kappa shape index (κ3) is 29.3. The normalized spacial score (nSPS) is 16.1. The van der Waals surface area contributed by atoms with E-state index in [9.17, 15) is 72.5 Å². The van der Waals surface area contributed by atoms with Crippen LogP contribution in [0.25, 0.3) is 0 Å². The highest BCUT2D eigenvalue weighted by molar-refractivity contribution is 5.99. The number of primary amides is 1. The second-order valence-electron chi connectivity index (χ2n) is 28.3. The second kappa shape index (κ2) is 42.8. The molecule has 1 heterocycles. The summed E-state index contributed by atoms with van der Waals surface area (Å²) in [6.45, 7) is 17.1. The maximum Gasteiger partial charge on any atom is 0.245 e. The summed E-state index contributed by atoms with van der Waals surface area (Å²) in [7, 11) is 0. The Labute approximate surface area is 598 Å². The van der Waals surface area contributed by atoms with Crippen LogP contribution in [0.5, 0.6) is 0 Å². The van der Waals surface area contributed by atoms with Crippen LogP contribution in [0.4, 0.5) is 0 Å². The van der Waals surface area contributed by atoms with E-state index in [2.05, 4.69) is 58.5 Å². The van der Waals surface area contributed by atoms with E-state index in [-0.39, 0.29) is 93.9 Å². The number of likely N-dealkylation sites (tertiary alicyclic amines) is 1. The summed E-state index contributed by atoms with van der Waals surface area (Å²) in [5.41, 5.74) is 14.0. The number of aliphatic hydroxyl groups excluding tert-OH is 2. The number of hydrogen-bond donors (Lipinski definition) is 15. The summed E-state index contributed by atoms with van der Waals surface area (Å²) >= 11 is 0. The molecule has 1 aliphatic rings. The van der Waals surface area contributed by atoms with Crippen molar-refractivity contribution in [3.8, 4) is 0 Å². The van der Waals surface area contributed by atoms with Crippen LogP contribution in [0.1, 0.15) is 138 Å². The predicted molar refractivity (Wildman–Crippen MR) is 382 cm³/mol. The third-order valence-electron chi connectivity index (χ3n) is 16.8. The van der Waals surface area contributed by atoms with E-state index in [4.69, 9.17) is 11.5 Å². The Balaban J connectivity index is 1.41. The monoisotopic (exact) mass is 1420 g/mol. The van der Waals surface area contributed by atoms with E-state index < -0.39 is 169 Å².